The number of alkyl halides is 3. The smallest absolute Gasteiger partial charge is 0.367 e. The van der Waals surface area contributed by atoms with Crippen molar-refractivity contribution in [3.63, 3.8) is 0 Å². The molecule has 26 heavy (non-hydrogen) atoms. The highest BCUT2D eigenvalue weighted by Gasteiger charge is 2.37. The first kappa shape index (κ1) is 17.1. The summed E-state index contributed by atoms with van der Waals surface area (Å²) in [4.78, 5) is 10.1. The Morgan fingerprint density at radius 2 is 1.96 bits per heavy atom. The Morgan fingerprint density at radius 3 is 2.65 bits per heavy atom. The van der Waals surface area contributed by atoms with Gasteiger partial charge >= 0.3 is 6.18 Å². The van der Waals surface area contributed by atoms with Crippen molar-refractivity contribution in [2.75, 3.05) is 24.2 Å². The predicted molar refractivity (Wildman–Crippen MR) is 90.2 cm³/mol. The minimum absolute atomic E-state index is 0.0522. The van der Waals surface area contributed by atoms with Crippen molar-refractivity contribution < 1.29 is 13.2 Å². The minimum Gasteiger partial charge on any atom is -0.367 e. The van der Waals surface area contributed by atoms with Crippen LogP contribution >= 0.6 is 0 Å². The van der Waals surface area contributed by atoms with Gasteiger partial charge in [0.2, 0.25) is 5.95 Å². The van der Waals surface area contributed by atoms with E-state index in [-0.39, 0.29) is 23.8 Å². The molecule has 2 N–H and O–H groups in total. The molecule has 0 amide bonds. The Hall–Kier alpha value is -2.36. The van der Waals surface area contributed by atoms with Gasteiger partial charge in [0.25, 0.3) is 0 Å². The Kier molecular flexibility index (Phi) is 4.02. The Balaban J connectivity index is 1.64. The van der Waals surface area contributed by atoms with Crippen molar-refractivity contribution in [3.8, 4) is 0 Å². The normalized spacial score (nSPS) is 20.7. The maximum Gasteiger partial charge on any atom is 0.421 e. The van der Waals surface area contributed by atoms with Gasteiger partial charge in [0.15, 0.2) is 0 Å². The van der Waals surface area contributed by atoms with Crippen molar-refractivity contribution in [2.24, 2.45) is 0 Å². The van der Waals surface area contributed by atoms with Crippen LogP contribution < -0.4 is 10.6 Å². The van der Waals surface area contributed by atoms with E-state index in [1.165, 1.54) is 0 Å². The standard InChI is InChI=1S/C16H20F3N7/c1-9-13-12(8-21-26(13)6-5-25(9)2)23-15-20-7-11(16(17,18)19)14(24-15)22-10-3-4-10/h7-10H,3-6H2,1-2H3,(H2,20,22,23,24). The number of halogens is 3. The van der Waals surface area contributed by atoms with Crippen LogP contribution in [0.15, 0.2) is 12.4 Å². The largest absolute Gasteiger partial charge is 0.421 e. The van der Waals surface area contributed by atoms with Crippen LogP contribution in [0.2, 0.25) is 0 Å². The maximum atomic E-state index is 13.2. The summed E-state index contributed by atoms with van der Waals surface area (Å²) < 4.78 is 41.5. The van der Waals surface area contributed by atoms with Gasteiger partial charge in [-0.25, -0.2) is 4.98 Å². The van der Waals surface area contributed by atoms with Gasteiger partial charge < -0.3 is 10.6 Å². The van der Waals surface area contributed by atoms with Gasteiger partial charge in [-0.05, 0) is 26.8 Å². The van der Waals surface area contributed by atoms with Crippen molar-refractivity contribution in [1.29, 1.82) is 0 Å². The molecule has 0 saturated heterocycles. The number of likely N-dealkylation sites (N-methyl/N-ethyl adjacent to an activating group) is 1. The van der Waals surface area contributed by atoms with E-state index < -0.39 is 11.7 Å². The van der Waals surface area contributed by atoms with E-state index in [2.05, 4.69) is 37.5 Å². The van der Waals surface area contributed by atoms with E-state index in [0.29, 0.717) is 5.69 Å². The molecule has 3 heterocycles. The zero-order chi connectivity index (χ0) is 18.5. The molecule has 2 aliphatic rings. The lowest BCUT2D eigenvalue weighted by Crippen LogP contribution is -2.34. The number of nitrogens with zero attached hydrogens (tertiary/aromatic N) is 5. The molecule has 1 aliphatic carbocycles. The number of nitrogens with one attached hydrogen (secondary N) is 2. The molecule has 0 bridgehead atoms. The van der Waals surface area contributed by atoms with Crippen LogP contribution in [0.3, 0.4) is 0 Å². The van der Waals surface area contributed by atoms with Crippen LogP contribution in [-0.4, -0.2) is 44.3 Å². The summed E-state index contributed by atoms with van der Waals surface area (Å²) in [7, 11) is 2.03. The van der Waals surface area contributed by atoms with E-state index in [1.54, 1.807) is 6.20 Å². The van der Waals surface area contributed by atoms with Gasteiger partial charge in [-0.3, -0.25) is 9.58 Å². The lowest BCUT2D eigenvalue weighted by molar-refractivity contribution is -0.137. The van der Waals surface area contributed by atoms with Gasteiger partial charge in [-0.1, -0.05) is 0 Å². The zero-order valence-corrected chi connectivity index (χ0v) is 14.5. The first-order valence-electron chi connectivity index (χ1n) is 8.56. The molecule has 140 valence electrons. The fourth-order valence-corrected chi connectivity index (χ4v) is 3.07. The van der Waals surface area contributed by atoms with Crippen LogP contribution in [0, 0.1) is 0 Å². The number of fused-ring (bicyclic) bond motifs is 1. The molecule has 7 nitrogen and oxygen atoms in total. The molecule has 10 heteroatoms. The summed E-state index contributed by atoms with van der Waals surface area (Å²) in [5.74, 6) is -0.0546. The van der Waals surface area contributed by atoms with Crippen molar-refractivity contribution in [3.05, 3.63) is 23.7 Å². The molecule has 1 fully saturated rings. The number of anilines is 3. The Labute approximate surface area is 148 Å². The average Bonchev–Trinajstić information content (AvgIpc) is 3.29. The van der Waals surface area contributed by atoms with E-state index >= 15 is 0 Å². The van der Waals surface area contributed by atoms with Gasteiger partial charge in [0.05, 0.1) is 30.2 Å². The second-order valence-corrected chi connectivity index (χ2v) is 6.82. The first-order valence-corrected chi connectivity index (χ1v) is 8.56. The fraction of sp³-hybridized carbons (Fsp3) is 0.562. The van der Waals surface area contributed by atoms with Crippen LogP contribution in [0.4, 0.5) is 30.6 Å². The maximum absolute atomic E-state index is 13.2. The monoisotopic (exact) mass is 367 g/mol. The summed E-state index contributed by atoms with van der Waals surface area (Å²) >= 11 is 0. The molecular weight excluding hydrogens is 347 g/mol. The highest BCUT2D eigenvalue weighted by molar-refractivity contribution is 5.59. The number of rotatable bonds is 4. The molecule has 0 spiro atoms. The lowest BCUT2D eigenvalue weighted by Gasteiger charge is -2.31. The van der Waals surface area contributed by atoms with Crippen LogP contribution in [0.25, 0.3) is 0 Å². The third-order valence-electron chi connectivity index (χ3n) is 4.86. The van der Waals surface area contributed by atoms with Crippen LogP contribution in [-0.2, 0) is 12.7 Å². The van der Waals surface area contributed by atoms with E-state index in [9.17, 15) is 13.2 Å². The second kappa shape index (κ2) is 6.11. The summed E-state index contributed by atoms with van der Waals surface area (Å²) in [6.45, 7) is 3.72. The summed E-state index contributed by atoms with van der Waals surface area (Å²) in [6, 6.07) is 0.184. The van der Waals surface area contributed by atoms with Gasteiger partial charge in [-0.2, -0.15) is 23.3 Å². The van der Waals surface area contributed by atoms with E-state index in [4.69, 9.17) is 0 Å². The summed E-state index contributed by atoms with van der Waals surface area (Å²) in [5, 5.41) is 10.2. The molecule has 0 aromatic carbocycles. The third kappa shape index (κ3) is 3.20. The summed E-state index contributed by atoms with van der Waals surface area (Å²) in [5.41, 5.74) is 0.834. The summed E-state index contributed by atoms with van der Waals surface area (Å²) in [6.07, 6.45) is -0.301. The van der Waals surface area contributed by atoms with E-state index in [0.717, 1.165) is 37.8 Å². The van der Waals surface area contributed by atoms with Crippen LogP contribution in [0.1, 0.15) is 37.1 Å². The molecule has 1 unspecified atom stereocenters. The molecular formula is C16H20F3N7. The Bertz CT molecular complexity index is 813. The quantitative estimate of drug-likeness (QED) is 0.866. The average molecular weight is 367 g/mol. The van der Waals surface area contributed by atoms with Crippen molar-refractivity contribution >= 4 is 17.5 Å². The molecule has 1 aliphatic heterocycles. The molecule has 4 rings (SSSR count). The van der Waals surface area contributed by atoms with Gasteiger partial charge in [0, 0.05) is 18.8 Å². The number of hydrogen-bond donors (Lipinski definition) is 2. The fourth-order valence-electron chi connectivity index (χ4n) is 3.07. The SMILES string of the molecule is CC1c2c(Nc3ncc(C(F)(F)F)c(NC4CC4)n3)cnn2CCN1C. The molecule has 1 saturated carbocycles. The first-order chi connectivity index (χ1) is 12.3. The van der Waals surface area contributed by atoms with Crippen molar-refractivity contribution in [2.45, 2.75) is 44.6 Å². The molecule has 0 radical (unpaired) electrons. The topological polar surface area (TPSA) is 70.9 Å². The Morgan fingerprint density at radius 1 is 1.19 bits per heavy atom. The molecule has 1 atom stereocenters. The second-order valence-electron chi connectivity index (χ2n) is 6.82. The lowest BCUT2D eigenvalue weighted by atomic mass is 10.1. The third-order valence-corrected chi connectivity index (χ3v) is 4.86. The highest BCUT2D eigenvalue weighted by atomic mass is 19.4. The van der Waals surface area contributed by atoms with Crippen molar-refractivity contribution in [1.82, 2.24) is 24.6 Å². The van der Waals surface area contributed by atoms with Gasteiger partial charge in [0.1, 0.15) is 11.4 Å². The van der Waals surface area contributed by atoms with Crippen LogP contribution in [0.5, 0.6) is 0 Å². The highest BCUT2D eigenvalue weighted by Crippen LogP contribution is 2.37. The van der Waals surface area contributed by atoms with E-state index in [1.807, 2.05) is 11.7 Å². The molecule has 2 aromatic heterocycles. The molecule has 2 aromatic rings. The van der Waals surface area contributed by atoms with Gasteiger partial charge in [-0.15, -0.1) is 0 Å². The number of aromatic nitrogens is 4. The predicted octanol–water partition coefficient (Wildman–Crippen LogP) is 3.02. The zero-order valence-electron chi connectivity index (χ0n) is 14.5. The number of hydrogen-bond acceptors (Lipinski definition) is 6. The minimum atomic E-state index is -4.50.